The predicted octanol–water partition coefficient (Wildman–Crippen LogP) is 1.47. The van der Waals surface area contributed by atoms with Crippen LogP contribution in [-0.4, -0.2) is 29.6 Å². The standard InChI is InChI=1S/C13H17ClN2O3/c1-8-4-3-5-10(11(8)14)16-13(19)12(18)15-7-6-9(2)17/h3-5,9,17H,6-7H2,1-2H3,(H,15,18)(H,16,19). The second-order valence-electron chi connectivity index (χ2n) is 4.28. The monoisotopic (exact) mass is 284 g/mol. The second kappa shape index (κ2) is 7.11. The SMILES string of the molecule is Cc1cccc(NC(=O)C(=O)NCCC(C)O)c1Cl. The number of carbonyl (C=O) groups excluding carboxylic acids is 2. The topological polar surface area (TPSA) is 78.4 Å². The molecular formula is C13H17ClN2O3. The Morgan fingerprint density at radius 3 is 2.68 bits per heavy atom. The van der Waals surface area contributed by atoms with Gasteiger partial charge >= 0.3 is 11.8 Å². The molecule has 19 heavy (non-hydrogen) atoms. The number of hydrogen-bond acceptors (Lipinski definition) is 3. The Labute approximate surface area is 117 Å². The first-order valence-electron chi connectivity index (χ1n) is 5.94. The van der Waals surface area contributed by atoms with Crippen molar-refractivity contribution in [2.45, 2.75) is 26.4 Å². The Hall–Kier alpha value is -1.59. The number of aliphatic hydroxyl groups is 1. The van der Waals surface area contributed by atoms with Gasteiger partial charge in [0.05, 0.1) is 16.8 Å². The number of rotatable bonds is 4. The molecule has 0 aliphatic heterocycles. The summed E-state index contributed by atoms with van der Waals surface area (Å²) >= 11 is 6.01. The molecule has 3 N–H and O–H groups in total. The molecule has 0 fully saturated rings. The van der Waals surface area contributed by atoms with Crippen LogP contribution in [0.25, 0.3) is 0 Å². The van der Waals surface area contributed by atoms with Crippen molar-refractivity contribution in [3.63, 3.8) is 0 Å². The molecule has 0 aliphatic rings. The lowest BCUT2D eigenvalue weighted by Crippen LogP contribution is -2.36. The van der Waals surface area contributed by atoms with Crippen LogP contribution < -0.4 is 10.6 Å². The van der Waals surface area contributed by atoms with E-state index < -0.39 is 17.9 Å². The molecule has 0 saturated heterocycles. The molecule has 0 saturated carbocycles. The molecule has 0 spiro atoms. The Kier molecular flexibility index (Phi) is 5.79. The van der Waals surface area contributed by atoms with Crippen molar-refractivity contribution in [2.75, 3.05) is 11.9 Å². The Morgan fingerprint density at radius 1 is 1.37 bits per heavy atom. The zero-order valence-corrected chi connectivity index (χ0v) is 11.6. The van der Waals surface area contributed by atoms with Crippen molar-refractivity contribution >= 4 is 29.1 Å². The molecule has 1 unspecified atom stereocenters. The number of halogens is 1. The summed E-state index contributed by atoms with van der Waals surface area (Å²) in [6.45, 7) is 3.66. The maximum atomic E-state index is 11.6. The first-order chi connectivity index (χ1) is 8.91. The van der Waals surface area contributed by atoms with E-state index in [1.165, 1.54) is 0 Å². The van der Waals surface area contributed by atoms with Gasteiger partial charge in [0.25, 0.3) is 0 Å². The number of anilines is 1. The van der Waals surface area contributed by atoms with Gasteiger partial charge in [-0.05, 0) is 31.9 Å². The number of carbonyl (C=O) groups is 2. The molecule has 0 bridgehead atoms. The Bertz CT molecular complexity index is 475. The van der Waals surface area contributed by atoms with Gasteiger partial charge in [-0.1, -0.05) is 23.7 Å². The van der Waals surface area contributed by atoms with Crippen molar-refractivity contribution in [3.05, 3.63) is 28.8 Å². The van der Waals surface area contributed by atoms with Crippen molar-refractivity contribution in [1.82, 2.24) is 5.32 Å². The average molecular weight is 285 g/mol. The third-order valence-corrected chi connectivity index (χ3v) is 3.00. The van der Waals surface area contributed by atoms with E-state index in [9.17, 15) is 9.59 Å². The van der Waals surface area contributed by atoms with E-state index in [0.29, 0.717) is 17.1 Å². The molecule has 5 nitrogen and oxygen atoms in total. The van der Waals surface area contributed by atoms with E-state index in [0.717, 1.165) is 5.56 Å². The van der Waals surface area contributed by atoms with Crippen molar-refractivity contribution in [2.24, 2.45) is 0 Å². The summed E-state index contributed by atoms with van der Waals surface area (Å²) in [4.78, 5) is 23.1. The molecule has 2 amide bonds. The van der Waals surface area contributed by atoms with Crippen LogP contribution in [-0.2, 0) is 9.59 Å². The van der Waals surface area contributed by atoms with Gasteiger partial charge in [-0.25, -0.2) is 0 Å². The first kappa shape index (κ1) is 15.5. The van der Waals surface area contributed by atoms with Crippen LogP contribution in [0.3, 0.4) is 0 Å². The first-order valence-corrected chi connectivity index (χ1v) is 6.32. The van der Waals surface area contributed by atoms with Gasteiger partial charge in [-0.2, -0.15) is 0 Å². The summed E-state index contributed by atoms with van der Waals surface area (Å²) in [5.41, 5.74) is 1.21. The van der Waals surface area contributed by atoms with Gasteiger partial charge in [-0.3, -0.25) is 9.59 Å². The molecule has 0 aromatic heterocycles. The predicted molar refractivity (Wildman–Crippen MR) is 74.1 cm³/mol. The lowest BCUT2D eigenvalue weighted by atomic mass is 10.2. The van der Waals surface area contributed by atoms with Crippen molar-refractivity contribution in [1.29, 1.82) is 0 Å². The zero-order valence-electron chi connectivity index (χ0n) is 10.9. The van der Waals surface area contributed by atoms with E-state index in [1.807, 2.05) is 0 Å². The summed E-state index contributed by atoms with van der Waals surface area (Å²) in [5, 5.41) is 14.3. The highest BCUT2D eigenvalue weighted by atomic mass is 35.5. The van der Waals surface area contributed by atoms with Crippen LogP contribution in [0.1, 0.15) is 18.9 Å². The van der Waals surface area contributed by atoms with Gasteiger partial charge in [0.2, 0.25) is 0 Å². The molecule has 104 valence electrons. The normalized spacial score (nSPS) is 11.8. The maximum Gasteiger partial charge on any atom is 0.313 e. The molecule has 1 atom stereocenters. The number of hydrogen-bond donors (Lipinski definition) is 3. The van der Waals surface area contributed by atoms with Crippen LogP contribution in [0.15, 0.2) is 18.2 Å². The number of nitrogens with one attached hydrogen (secondary N) is 2. The molecule has 1 rings (SSSR count). The third kappa shape index (κ3) is 4.89. The Balaban J connectivity index is 2.55. The zero-order chi connectivity index (χ0) is 14.4. The molecule has 0 aliphatic carbocycles. The lowest BCUT2D eigenvalue weighted by Gasteiger charge is -2.09. The highest BCUT2D eigenvalue weighted by Gasteiger charge is 2.15. The Morgan fingerprint density at radius 2 is 2.05 bits per heavy atom. The fraction of sp³-hybridized carbons (Fsp3) is 0.385. The van der Waals surface area contributed by atoms with Gasteiger partial charge in [0.1, 0.15) is 0 Å². The molecular weight excluding hydrogens is 268 g/mol. The summed E-state index contributed by atoms with van der Waals surface area (Å²) < 4.78 is 0. The van der Waals surface area contributed by atoms with E-state index in [-0.39, 0.29) is 6.54 Å². The molecule has 0 radical (unpaired) electrons. The highest BCUT2D eigenvalue weighted by molar-refractivity contribution is 6.41. The van der Waals surface area contributed by atoms with Gasteiger partial charge in [-0.15, -0.1) is 0 Å². The smallest absolute Gasteiger partial charge is 0.313 e. The largest absolute Gasteiger partial charge is 0.393 e. The van der Waals surface area contributed by atoms with E-state index >= 15 is 0 Å². The van der Waals surface area contributed by atoms with Crippen LogP contribution in [0.2, 0.25) is 5.02 Å². The summed E-state index contributed by atoms with van der Waals surface area (Å²) in [6, 6.07) is 5.17. The molecule has 1 aromatic rings. The summed E-state index contributed by atoms with van der Waals surface area (Å²) in [6.07, 6.45) is -0.126. The van der Waals surface area contributed by atoms with E-state index in [2.05, 4.69) is 10.6 Å². The van der Waals surface area contributed by atoms with Gasteiger partial charge < -0.3 is 15.7 Å². The van der Waals surface area contributed by atoms with Gasteiger partial charge in [0.15, 0.2) is 0 Å². The average Bonchev–Trinajstić information content (AvgIpc) is 2.34. The van der Waals surface area contributed by atoms with Crippen LogP contribution >= 0.6 is 11.6 Å². The van der Waals surface area contributed by atoms with Crippen molar-refractivity contribution < 1.29 is 14.7 Å². The minimum Gasteiger partial charge on any atom is -0.393 e. The second-order valence-corrected chi connectivity index (χ2v) is 4.66. The van der Waals surface area contributed by atoms with Crippen molar-refractivity contribution in [3.8, 4) is 0 Å². The number of amides is 2. The number of aliphatic hydroxyl groups excluding tert-OH is 1. The minimum absolute atomic E-state index is 0.242. The molecule has 6 heteroatoms. The third-order valence-electron chi connectivity index (χ3n) is 2.49. The van der Waals surface area contributed by atoms with E-state index in [1.54, 1.807) is 32.0 Å². The molecule has 0 heterocycles. The van der Waals surface area contributed by atoms with Crippen LogP contribution in [0.5, 0.6) is 0 Å². The number of benzene rings is 1. The van der Waals surface area contributed by atoms with Gasteiger partial charge in [0, 0.05) is 6.54 Å². The molecule has 1 aromatic carbocycles. The van der Waals surface area contributed by atoms with E-state index in [4.69, 9.17) is 16.7 Å². The number of aryl methyl sites for hydroxylation is 1. The minimum atomic E-state index is -0.780. The fourth-order valence-electron chi connectivity index (χ4n) is 1.40. The lowest BCUT2D eigenvalue weighted by molar-refractivity contribution is -0.136. The quantitative estimate of drug-likeness (QED) is 0.733. The summed E-state index contributed by atoms with van der Waals surface area (Å²) in [7, 11) is 0. The highest BCUT2D eigenvalue weighted by Crippen LogP contribution is 2.24. The summed E-state index contributed by atoms with van der Waals surface area (Å²) in [5.74, 6) is -1.53. The van der Waals surface area contributed by atoms with Crippen LogP contribution in [0.4, 0.5) is 5.69 Å². The maximum absolute atomic E-state index is 11.6. The van der Waals surface area contributed by atoms with Crippen LogP contribution in [0, 0.1) is 6.92 Å². The fourth-order valence-corrected chi connectivity index (χ4v) is 1.57.